The van der Waals surface area contributed by atoms with E-state index in [1.807, 2.05) is 18.2 Å². The van der Waals surface area contributed by atoms with Gasteiger partial charge in [-0.3, -0.25) is 4.57 Å². The highest BCUT2D eigenvalue weighted by atomic mass is 15.2. The Morgan fingerprint density at radius 2 is 1.00 bits per heavy atom. The number of nitrogens with zero attached hydrogens (tertiary/aromatic N) is 4. The van der Waals surface area contributed by atoms with Crippen LogP contribution in [0.1, 0.15) is 25.0 Å². The molecule has 0 saturated heterocycles. The van der Waals surface area contributed by atoms with E-state index in [-0.39, 0.29) is 5.41 Å². The average Bonchev–Trinajstić information content (AvgIpc) is 3.70. The SMILES string of the molecule is CC1(C)c2ccccc2-c2cccc(-c3cccc4c5ccc6ccccc6c5n(-c5nc(-c6ccccc6)nc(-c6ccc7ccccc7c6)n5)c34)c21. The van der Waals surface area contributed by atoms with Gasteiger partial charge >= 0.3 is 0 Å². The second-order valence-corrected chi connectivity index (χ2v) is 14.8. The lowest BCUT2D eigenvalue weighted by atomic mass is 9.78. The second kappa shape index (κ2) is 11.5. The van der Waals surface area contributed by atoms with Gasteiger partial charge in [0.2, 0.25) is 5.95 Å². The molecule has 254 valence electrons. The van der Waals surface area contributed by atoms with Crippen LogP contribution < -0.4 is 0 Å². The van der Waals surface area contributed by atoms with E-state index >= 15 is 0 Å². The highest BCUT2D eigenvalue weighted by Gasteiger charge is 2.38. The molecule has 4 nitrogen and oxygen atoms in total. The smallest absolute Gasteiger partial charge is 0.238 e. The highest BCUT2D eigenvalue weighted by molar-refractivity contribution is 6.21. The Hall–Kier alpha value is -6.91. The summed E-state index contributed by atoms with van der Waals surface area (Å²) in [7, 11) is 0. The summed E-state index contributed by atoms with van der Waals surface area (Å²) in [6, 6.07) is 60.6. The largest absolute Gasteiger partial charge is 0.277 e. The van der Waals surface area contributed by atoms with Crippen molar-refractivity contribution in [3.8, 4) is 51.0 Å². The van der Waals surface area contributed by atoms with Gasteiger partial charge < -0.3 is 0 Å². The lowest BCUT2D eigenvalue weighted by Crippen LogP contribution is -2.16. The Morgan fingerprint density at radius 1 is 0.407 bits per heavy atom. The van der Waals surface area contributed by atoms with Gasteiger partial charge in [-0.05, 0) is 50.0 Å². The molecule has 1 aliphatic carbocycles. The lowest BCUT2D eigenvalue weighted by Gasteiger charge is -2.25. The standard InChI is InChI=1S/C50H34N4/c1-50(2)43-25-11-10-20-37(43)38-21-12-22-39(44(38)50)40-23-13-24-41-42-29-28-32-15-8-9-19-36(32)45(42)54(46(40)41)49-52-47(33-16-4-3-5-17-33)51-48(53-49)35-27-26-31-14-6-7-18-34(31)30-35/h3-30H,1-2H3. The van der Waals surface area contributed by atoms with E-state index in [2.05, 4.69) is 170 Å². The summed E-state index contributed by atoms with van der Waals surface area (Å²) in [6.45, 7) is 4.72. The summed E-state index contributed by atoms with van der Waals surface area (Å²) in [5, 5.41) is 6.96. The van der Waals surface area contributed by atoms with E-state index in [4.69, 9.17) is 15.0 Å². The first-order valence-corrected chi connectivity index (χ1v) is 18.5. The third kappa shape index (κ3) is 4.47. The maximum absolute atomic E-state index is 5.39. The lowest BCUT2D eigenvalue weighted by molar-refractivity contribution is 0.662. The number of aromatic nitrogens is 4. The van der Waals surface area contributed by atoms with Gasteiger partial charge in [-0.15, -0.1) is 0 Å². The number of fused-ring (bicyclic) bond motifs is 9. The van der Waals surface area contributed by atoms with Crippen LogP contribution in [0.2, 0.25) is 0 Å². The normalized spacial score (nSPS) is 13.1. The molecule has 0 bridgehead atoms. The van der Waals surface area contributed by atoms with E-state index in [0.717, 1.165) is 49.3 Å². The molecule has 0 aliphatic heterocycles. The van der Waals surface area contributed by atoms with Crippen molar-refractivity contribution in [3.63, 3.8) is 0 Å². The van der Waals surface area contributed by atoms with Gasteiger partial charge in [0.15, 0.2) is 11.6 Å². The van der Waals surface area contributed by atoms with E-state index in [9.17, 15) is 0 Å². The van der Waals surface area contributed by atoms with Crippen LogP contribution in [0.4, 0.5) is 0 Å². The van der Waals surface area contributed by atoms with E-state index in [1.165, 1.54) is 38.6 Å². The molecule has 0 saturated carbocycles. The monoisotopic (exact) mass is 690 g/mol. The van der Waals surface area contributed by atoms with Gasteiger partial charge in [0.25, 0.3) is 0 Å². The molecule has 2 heterocycles. The zero-order chi connectivity index (χ0) is 36.0. The summed E-state index contributed by atoms with van der Waals surface area (Å²) < 4.78 is 2.31. The van der Waals surface area contributed by atoms with Crippen molar-refractivity contribution >= 4 is 43.4 Å². The van der Waals surface area contributed by atoms with Crippen molar-refractivity contribution in [1.82, 2.24) is 19.5 Å². The van der Waals surface area contributed by atoms with E-state index in [0.29, 0.717) is 17.6 Å². The van der Waals surface area contributed by atoms with E-state index < -0.39 is 0 Å². The zero-order valence-corrected chi connectivity index (χ0v) is 30.0. The molecule has 4 heteroatoms. The van der Waals surface area contributed by atoms with Crippen LogP contribution in [0.25, 0.3) is 94.3 Å². The number of para-hydroxylation sites is 1. The Bertz CT molecular complexity index is 3140. The maximum Gasteiger partial charge on any atom is 0.238 e. The summed E-state index contributed by atoms with van der Waals surface area (Å²) in [6.07, 6.45) is 0. The molecular formula is C50H34N4. The first kappa shape index (κ1) is 30.7. The molecule has 0 N–H and O–H groups in total. The third-order valence-corrected chi connectivity index (χ3v) is 11.4. The summed E-state index contributed by atoms with van der Waals surface area (Å²) in [5.74, 6) is 1.86. The molecule has 0 radical (unpaired) electrons. The van der Waals surface area contributed by atoms with Gasteiger partial charge in [-0.1, -0.05) is 178 Å². The number of hydrogen-bond donors (Lipinski definition) is 0. The Kier molecular flexibility index (Phi) is 6.56. The van der Waals surface area contributed by atoms with Crippen LogP contribution in [-0.4, -0.2) is 19.5 Å². The fourth-order valence-electron chi connectivity index (χ4n) is 8.96. The topological polar surface area (TPSA) is 43.6 Å². The fourth-order valence-corrected chi connectivity index (χ4v) is 8.96. The van der Waals surface area contributed by atoms with Crippen LogP contribution >= 0.6 is 0 Å². The zero-order valence-electron chi connectivity index (χ0n) is 30.0. The predicted octanol–water partition coefficient (Wildman–Crippen LogP) is 12.6. The molecule has 0 amide bonds. The van der Waals surface area contributed by atoms with Crippen molar-refractivity contribution in [2.75, 3.05) is 0 Å². The van der Waals surface area contributed by atoms with Gasteiger partial charge in [0.1, 0.15) is 0 Å². The Morgan fingerprint density at radius 3 is 1.85 bits per heavy atom. The third-order valence-electron chi connectivity index (χ3n) is 11.4. The first-order valence-electron chi connectivity index (χ1n) is 18.5. The predicted molar refractivity (Wildman–Crippen MR) is 223 cm³/mol. The van der Waals surface area contributed by atoms with Crippen molar-refractivity contribution in [3.05, 3.63) is 181 Å². The van der Waals surface area contributed by atoms with Gasteiger partial charge in [0, 0.05) is 38.3 Å². The van der Waals surface area contributed by atoms with Crippen LogP contribution in [0.15, 0.2) is 170 Å². The van der Waals surface area contributed by atoms with Crippen LogP contribution in [0.3, 0.4) is 0 Å². The van der Waals surface area contributed by atoms with Crippen LogP contribution in [0.5, 0.6) is 0 Å². The number of rotatable bonds is 4. The van der Waals surface area contributed by atoms with Crippen molar-refractivity contribution < 1.29 is 0 Å². The van der Waals surface area contributed by atoms with Crippen molar-refractivity contribution in [1.29, 1.82) is 0 Å². The molecule has 11 rings (SSSR count). The summed E-state index contributed by atoms with van der Waals surface area (Å²) in [4.78, 5) is 15.9. The number of benzene rings is 8. The van der Waals surface area contributed by atoms with E-state index in [1.54, 1.807) is 0 Å². The molecule has 0 unspecified atom stereocenters. The molecule has 1 aliphatic rings. The minimum Gasteiger partial charge on any atom is -0.277 e. The van der Waals surface area contributed by atoms with Crippen LogP contribution in [-0.2, 0) is 5.41 Å². The Balaban J connectivity index is 1.28. The molecule has 54 heavy (non-hydrogen) atoms. The molecule has 0 spiro atoms. The molecule has 10 aromatic rings. The number of hydrogen-bond acceptors (Lipinski definition) is 3. The second-order valence-electron chi connectivity index (χ2n) is 14.8. The minimum atomic E-state index is -0.189. The summed E-state index contributed by atoms with van der Waals surface area (Å²) >= 11 is 0. The van der Waals surface area contributed by atoms with Crippen molar-refractivity contribution in [2.45, 2.75) is 19.3 Å². The highest BCUT2D eigenvalue weighted by Crippen LogP contribution is 2.53. The van der Waals surface area contributed by atoms with Crippen molar-refractivity contribution in [2.24, 2.45) is 0 Å². The molecule has 2 aromatic heterocycles. The maximum atomic E-state index is 5.39. The minimum absolute atomic E-state index is 0.189. The van der Waals surface area contributed by atoms with Crippen LogP contribution in [0, 0.1) is 0 Å². The molecule has 8 aromatic carbocycles. The molecule has 0 atom stereocenters. The quantitative estimate of drug-likeness (QED) is 0.185. The first-order chi connectivity index (χ1) is 26.5. The fraction of sp³-hybridized carbons (Fsp3) is 0.0600. The van der Waals surface area contributed by atoms with Gasteiger partial charge in [-0.25, -0.2) is 4.98 Å². The molecular weight excluding hydrogens is 657 g/mol. The summed E-state index contributed by atoms with van der Waals surface area (Å²) in [5.41, 5.74) is 11.5. The van der Waals surface area contributed by atoms with Gasteiger partial charge in [-0.2, -0.15) is 9.97 Å². The average molecular weight is 691 g/mol. The van der Waals surface area contributed by atoms with Gasteiger partial charge in [0.05, 0.1) is 11.0 Å². The molecule has 0 fully saturated rings. The Labute approximate surface area is 313 Å².